The molecule has 0 spiro atoms. The first kappa shape index (κ1) is 19.9. The maximum absolute atomic E-state index is 12.4. The molecule has 1 amide bonds. The Balaban J connectivity index is 1.73. The molecule has 3 aromatic rings. The standard InChI is InChI=1S/C20H17BrN2O4S/c1-27-16-9-12-18(19(21)13-16)20(24)22-14-7-10-17(11-8-14)28(25,26)23-15-5-3-2-4-6-15/h2-13,23H,1H3,(H,22,24). The molecule has 6 nitrogen and oxygen atoms in total. The monoisotopic (exact) mass is 460 g/mol. The second-order valence-corrected chi connectivity index (χ2v) is 8.33. The molecule has 0 atom stereocenters. The van der Waals surface area contributed by atoms with Crippen LogP contribution in [-0.2, 0) is 10.0 Å². The number of hydrogen-bond donors (Lipinski definition) is 2. The van der Waals surface area contributed by atoms with Gasteiger partial charge in [-0.25, -0.2) is 8.42 Å². The summed E-state index contributed by atoms with van der Waals surface area (Å²) >= 11 is 3.34. The molecule has 144 valence electrons. The molecule has 2 N–H and O–H groups in total. The number of halogens is 1. The van der Waals surface area contributed by atoms with Gasteiger partial charge in [0.1, 0.15) is 5.75 Å². The topological polar surface area (TPSA) is 84.5 Å². The van der Waals surface area contributed by atoms with Crippen LogP contribution >= 0.6 is 15.9 Å². The summed E-state index contributed by atoms with van der Waals surface area (Å²) in [6.45, 7) is 0. The van der Waals surface area contributed by atoms with E-state index < -0.39 is 10.0 Å². The number of benzene rings is 3. The lowest BCUT2D eigenvalue weighted by atomic mass is 10.2. The number of sulfonamides is 1. The van der Waals surface area contributed by atoms with Gasteiger partial charge in [0, 0.05) is 15.8 Å². The van der Waals surface area contributed by atoms with Crippen molar-refractivity contribution in [2.24, 2.45) is 0 Å². The molecular weight excluding hydrogens is 444 g/mol. The minimum atomic E-state index is -3.71. The molecule has 0 saturated heterocycles. The normalized spacial score (nSPS) is 10.9. The van der Waals surface area contributed by atoms with Crippen LogP contribution in [0.3, 0.4) is 0 Å². The van der Waals surface area contributed by atoms with Gasteiger partial charge in [-0.2, -0.15) is 0 Å². The van der Waals surface area contributed by atoms with Crippen molar-refractivity contribution in [3.8, 4) is 5.75 Å². The van der Waals surface area contributed by atoms with E-state index in [1.165, 1.54) is 24.3 Å². The lowest BCUT2D eigenvalue weighted by molar-refractivity contribution is 0.102. The Morgan fingerprint density at radius 3 is 2.21 bits per heavy atom. The van der Waals surface area contributed by atoms with Gasteiger partial charge in [-0.1, -0.05) is 18.2 Å². The molecule has 0 bridgehead atoms. The van der Waals surface area contributed by atoms with E-state index in [1.54, 1.807) is 55.6 Å². The molecule has 0 aliphatic carbocycles. The largest absolute Gasteiger partial charge is 0.497 e. The zero-order valence-electron chi connectivity index (χ0n) is 14.8. The summed E-state index contributed by atoms with van der Waals surface area (Å²) in [5.41, 5.74) is 1.39. The highest BCUT2D eigenvalue weighted by molar-refractivity contribution is 9.10. The molecular formula is C20H17BrN2O4S. The van der Waals surface area contributed by atoms with Gasteiger partial charge in [0.2, 0.25) is 0 Å². The van der Waals surface area contributed by atoms with E-state index in [4.69, 9.17) is 4.74 Å². The molecule has 8 heteroatoms. The highest BCUT2D eigenvalue weighted by Gasteiger charge is 2.15. The van der Waals surface area contributed by atoms with Gasteiger partial charge >= 0.3 is 0 Å². The molecule has 0 aliphatic rings. The summed E-state index contributed by atoms with van der Waals surface area (Å²) in [6, 6.07) is 19.6. The molecule has 0 fully saturated rings. The maximum Gasteiger partial charge on any atom is 0.261 e. The number of ether oxygens (including phenoxy) is 1. The SMILES string of the molecule is COc1ccc(C(=O)Nc2ccc(S(=O)(=O)Nc3ccccc3)cc2)c(Br)c1. The van der Waals surface area contributed by atoms with Gasteiger partial charge in [0.05, 0.1) is 17.6 Å². The third-order valence-electron chi connectivity index (χ3n) is 3.87. The Bertz CT molecular complexity index is 1080. The Labute approximate surface area is 171 Å². The second-order valence-electron chi connectivity index (χ2n) is 5.80. The number of para-hydroxylation sites is 1. The van der Waals surface area contributed by atoms with E-state index in [2.05, 4.69) is 26.0 Å². The van der Waals surface area contributed by atoms with Crippen LogP contribution in [0, 0.1) is 0 Å². The Kier molecular flexibility index (Phi) is 6.01. The molecule has 0 heterocycles. The lowest BCUT2D eigenvalue weighted by Gasteiger charge is -2.10. The van der Waals surface area contributed by atoms with Crippen molar-refractivity contribution in [3.05, 3.63) is 82.8 Å². The highest BCUT2D eigenvalue weighted by atomic mass is 79.9. The van der Waals surface area contributed by atoms with E-state index in [0.717, 1.165) is 0 Å². The maximum atomic E-state index is 12.4. The number of carbonyl (C=O) groups excluding carboxylic acids is 1. The smallest absolute Gasteiger partial charge is 0.261 e. The van der Waals surface area contributed by atoms with Crippen LogP contribution in [0.2, 0.25) is 0 Å². The zero-order valence-corrected chi connectivity index (χ0v) is 17.2. The van der Waals surface area contributed by atoms with Crippen molar-refractivity contribution >= 4 is 43.2 Å². The van der Waals surface area contributed by atoms with Gasteiger partial charge in [0.25, 0.3) is 15.9 Å². The zero-order chi connectivity index (χ0) is 20.1. The molecule has 0 saturated carbocycles. The second kappa shape index (κ2) is 8.45. The predicted octanol–water partition coefficient (Wildman–Crippen LogP) is 4.51. The quantitative estimate of drug-likeness (QED) is 0.566. The van der Waals surface area contributed by atoms with Crippen molar-refractivity contribution < 1.29 is 17.9 Å². The van der Waals surface area contributed by atoms with Gasteiger partial charge in [-0.05, 0) is 70.5 Å². The lowest BCUT2D eigenvalue weighted by Crippen LogP contribution is -2.14. The summed E-state index contributed by atoms with van der Waals surface area (Å²) in [7, 11) is -2.16. The van der Waals surface area contributed by atoms with Crippen LogP contribution in [0.15, 0.2) is 82.2 Å². The van der Waals surface area contributed by atoms with Gasteiger partial charge in [0.15, 0.2) is 0 Å². The summed E-state index contributed by atoms with van der Waals surface area (Å²) in [4.78, 5) is 12.5. The van der Waals surface area contributed by atoms with Crippen LogP contribution in [0.25, 0.3) is 0 Å². The van der Waals surface area contributed by atoms with Crippen molar-refractivity contribution in [1.29, 1.82) is 0 Å². The highest BCUT2D eigenvalue weighted by Crippen LogP contribution is 2.24. The van der Waals surface area contributed by atoms with E-state index in [0.29, 0.717) is 27.2 Å². The molecule has 0 radical (unpaired) electrons. The van der Waals surface area contributed by atoms with Gasteiger partial charge in [-0.15, -0.1) is 0 Å². The summed E-state index contributed by atoms with van der Waals surface area (Å²) < 4.78 is 33.1. The number of amides is 1. The first-order valence-electron chi connectivity index (χ1n) is 8.22. The molecule has 28 heavy (non-hydrogen) atoms. The summed E-state index contributed by atoms with van der Waals surface area (Å²) in [6.07, 6.45) is 0. The molecule has 0 aliphatic heterocycles. The Morgan fingerprint density at radius 1 is 0.929 bits per heavy atom. The number of hydrogen-bond acceptors (Lipinski definition) is 4. The summed E-state index contributed by atoms with van der Waals surface area (Å²) in [5.74, 6) is 0.302. The fourth-order valence-corrected chi connectivity index (χ4v) is 4.04. The van der Waals surface area contributed by atoms with Crippen molar-refractivity contribution in [3.63, 3.8) is 0 Å². The summed E-state index contributed by atoms with van der Waals surface area (Å²) in [5, 5.41) is 2.74. The first-order valence-corrected chi connectivity index (χ1v) is 10.5. The number of rotatable bonds is 6. The molecule has 3 rings (SSSR count). The Morgan fingerprint density at radius 2 is 1.61 bits per heavy atom. The van der Waals surface area contributed by atoms with Crippen molar-refractivity contribution in [1.82, 2.24) is 0 Å². The van der Waals surface area contributed by atoms with Crippen LogP contribution in [0.1, 0.15) is 10.4 Å². The average Bonchev–Trinajstić information content (AvgIpc) is 2.68. The van der Waals surface area contributed by atoms with E-state index >= 15 is 0 Å². The first-order chi connectivity index (χ1) is 13.4. The number of methoxy groups -OCH3 is 1. The minimum absolute atomic E-state index is 0.0972. The molecule has 3 aromatic carbocycles. The van der Waals surface area contributed by atoms with Crippen LogP contribution in [0.4, 0.5) is 11.4 Å². The third-order valence-corrected chi connectivity index (χ3v) is 5.92. The van der Waals surface area contributed by atoms with Crippen molar-refractivity contribution in [2.45, 2.75) is 4.90 Å². The fourth-order valence-electron chi connectivity index (χ4n) is 2.44. The predicted molar refractivity (Wildman–Crippen MR) is 112 cm³/mol. The number of anilines is 2. The number of carbonyl (C=O) groups is 1. The molecule has 0 aromatic heterocycles. The van der Waals surface area contributed by atoms with Crippen LogP contribution in [-0.4, -0.2) is 21.4 Å². The van der Waals surface area contributed by atoms with Crippen molar-refractivity contribution in [2.75, 3.05) is 17.1 Å². The average molecular weight is 461 g/mol. The number of nitrogens with one attached hydrogen (secondary N) is 2. The van der Waals surface area contributed by atoms with Gasteiger partial charge < -0.3 is 10.1 Å². The molecule has 0 unspecified atom stereocenters. The van der Waals surface area contributed by atoms with Crippen LogP contribution in [0.5, 0.6) is 5.75 Å². The third kappa shape index (κ3) is 4.71. The minimum Gasteiger partial charge on any atom is -0.497 e. The van der Waals surface area contributed by atoms with E-state index in [9.17, 15) is 13.2 Å². The van der Waals surface area contributed by atoms with Crippen LogP contribution < -0.4 is 14.8 Å². The fraction of sp³-hybridized carbons (Fsp3) is 0.0500. The van der Waals surface area contributed by atoms with E-state index in [1.807, 2.05) is 0 Å². The Hall–Kier alpha value is -2.84. The van der Waals surface area contributed by atoms with Gasteiger partial charge in [-0.3, -0.25) is 9.52 Å². The van der Waals surface area contributed by atoms with E-state index in [-0.39, 0.29) is 10.8 Å².